The summed E-state index contributed by atoms with van der Waals surface area (Å²) in [4.78, 5) is 4.36. The zero-order valence-electron chi connectivity index (χ0n) is 10.2. The Kier molecular flexibility index (Phi) is 4.26. The molecule has 4 heteroatoms. The summed E-state index contributed by atoms with van der Waals surface area (Å²) in [7, 11) is 0. The molecule has 1 aliphatic carbocycles. The molecule has 1 aromatic heterocycles. The molecule has 3 N–H and O–H groups in total. The lowest BCUT2D eigenvalue weighted by Gasteiger charge is -2.32. The van der Waals surface area contributed by atoms with Crippen molar-refractivity contribution in [2.24, 2.45) is 5.92 Å². The normalized spacial score (nSPS) is 24.6. The van der Waals surface area contributed by atoms with Gasteiger partial charge in [-0.25, -0.2) is 4.98 Å². The summed E-state index contributed by atoms with van der Waals surface area (Å²) in [5.74, 6) is 1.59. The maximum Gasteiger partial charge on any atom is 0.149 e. The van der Waals surface area contributed by atoms with Crippen LogP contribution in [0.15, 0.2) is 16.7 Å². The average Bonchev–Trinajstić information content (AvgIpc) is 2.33. The fraction of sp³-hybridized carbons (Fsp3) is 0.615. The average molecular weight is 298 g/mol. The largest absolute Gasteiger partial charge is 0.396 e. The third-order valence-corrected chi connectivity index (χ3v) is 4.07. The summed E-state index contributed by atoms with van der Waals surface area (Å²) in [6.07, 6.45) is 8.25. The maximum atomic E-state index is 5.97. The topological polar surface area (TPSA) is 50.9 Å². The van der Waals surface area contributed by atoms with Gasteiger partial charge in [0.05, 0.1) is 5.69 Å². The zero-order chi connectivity index (χ0) is 12.3. The van der Waals surface area contributed by atoms with Crippen LogP contribution in [0, 0.1) is 5.92 Å². The lowest BCUT2D eigenvalue weighted by atomic mass is 9.83. The minimum Gasteiger partial charge on any atom is -0.396 e. The van der Waals surface area contributed by atoms with Gasteiger partial charge in [-0.1, -0.05) is 26.2 Å². The van der Waals surface area contributed by atoms with Gasteiger partial charge in [0.25, 0.3) is 0 Å². The molecule has 0 amide bonds. The second-order valence-corrected chi connectivity index (χ2v) is 5.71. The van der Waals surface area contributed by atoms with E-state index in [1.165, 1.54) is 32.1 Å². The van der Waals surface area contributed by atoms with Crippen LogP contribution >= 0.6 is 15.9 Å². The molecule has 1 heterocycles. The van der Waals surface area contributed by atoms with E-state index >= 15 is 0 Å². The first-order valence-corrected chi connectivity index (χ1v) is 7.17. The van der Waals surface area contributed by atoms with Crippen LogP contribution in [-0.2, 0) is 0 Å². The molecular weight excluding hydrogens is 278 g/mol. The highest BCUT2D eigenvalue weighted by Gasteiger charge is 2.24. The number of nitrogen functional groups attached to an aromatic ring is 1. The van der Waals surface area contributed by atoms with Crippen molar-refractivity contribution in [3.63, 3.8) is 0 Å². The van der Waals surface area contributed by atoms with Gasteiger partial charge in [-0.2, -0.15) is 0 Å². The number of aromatic nitrogens is 1. The van der Waals surface area contributed by atoms with Gasteiger partial charge in [0.1, 0.15) is 5.82 Å². The Morgan fingerprint density at radius 3 is 2.94 bits per heavy atom. The second-order valence-electron chi connectivity index (χ2n) is 4.79. The van der Waals surface area contributed by atoms with Crippen LogP contribution in [0.5, 0.6) is 0 Å². The van der Waals surface area contributed by atoms with Crippen molar-refractivity contribution in [3.05, 3.63) is 16.7 Å². The molecule has 17 heavy (non-hydrogen) atoms. The van der Waals surface area contributed by atoms with Crippen molar-refractivity contribution in [1.82, 2.24) is 4.98 Å². The first-order valence-electron chi connectivity index (χ1n) is 6.38. The highest BCUT2D eigenvalue weighted by atomic mass is 79.9. The summed E-state index contributed by atoms with van der Waals surface area (Å²) in [5, 5.41) is 3.52. The maximum absolute atomic E-state index is 5.97. The highest BCUT2D eigenvalue weighted by Crippen LogP contribution is 2.30. The second kappa shape index (κ2) is 5.71. The number of pyridine rings is 1. The van der Waals surface area contributed by atoms with Crippen molar-refractivity contribution < 1.29 is 0 Å². The molecule has 1 aliphatic rings. The minimum atomic E-state index is 0.532. The van der Waals surface area contributed by atoms with Gasteiger partial charge in [0.15, 0.2) is 0 Å². The molecule has 94 valence electrons. The van der Waals surface area contributed by atoms with Crippen molar-refractivity contribution in [3.8, 4) is 0 Å². The molecule has 0 radical (unpaired) electrons. The molecule has 2 atom stereocenters. The molecule has 1 saturated carbocycles. The summed E-state index contributed by atoms with van der Waals surface area (Å²) in [6, 6.07) is 2.43. The summed E-state index contributed by atoms with van der Waals surface area (Å²) >= 11 is 3.38. The van der Waals surface area contributed by atoms with Gasteiger partial charge in [0.2, 0.25) is 0 Å². The van der Waals surface area contributed by atoms with E-state index in [0.29, 0.717) is 6.04 Å². The van der Waals surface area contributed by atoms with Gasteiger partial charge >= 0.3 is 0 Å². The first-order chi connectivity index (χ1) is 8.20. The highest BCUT2D eigenvalue weighted by molar-refractivity contribution is 9.10. The zero-order valence-corrected chi connectivity index (χ0v) is 11.8. The number of nitrogens with one attached hydrogen (secondary N) is 1. The van der Waals surface area contributed by atoms with E-state index in [1.54, 1.807) is 6.20 Å². The Hall–Kier alpha value is -0.770. The van der Waals surface area contributed by atoms with Gasteiger partial charge in [0, 0.05) is 16.7 Å². The standard InChI is InChI=1S/C13H20BrN3/c1-2-9-5-3-4-6-12(9)17-13-11(15)7-10(14)8-16-13/h7-9,12H,2-6,15H2,1H3,(H,16,17). The number of rotatable bonds is 3. The van der Waals surface area contributed by atoms with Crippen LogP contribution in [-0.4, -0.2) is 11.0 Å². The Balaban J connectivity index is 2.08. The lowest BCUT2D eigenvalue weighted by molar-refractivity contribution is 0.317. The summed E-state index contributed by atoms with van der Waals surface area (Å²) in [5.41, 5.74) is 6.69. The molecule has 0 saturated heterocycles. The van der Waals surface area contributed by atoms with Crippen LogP contribution < -0.4 is 11.1 Å². The van der Waals surface area contributed by atoms with Crippen LogP contribution in [0.25, 0.3) is 0 Å². The molecule has 3 nitrogen and oxygen atoms in total. The van der Waals surface area contributed by atoms with Crippen molar-refractivity contribution >= 4 is 27.4 Å². The molecule has 1 aromatic rings. The van der Waals surface area contributed by atoms with Crippen LogP contribution in [0.2, 0.25) is 0 Å². The number of halogens is 1. The fourth-order valence-electron chi connectivity index (χ4n) is 2.64. The van der Waals surface area contributed by atoms with Crippen LogP contribution in [0.3, 0.4) is 0 Å². The van der Waals surface area contributed by atoms with E-state index in [4.69, 9.17) is 5.73 Å². The quantitative estimate of drug-likeness (QED) is 0.892. The van der Waals surface area contributed by atoms with E-state index in [-0.39, 0.29) is 0 Å². The predicted octanol–water partition coefficient (Wildman–Crippen LogP) is 3.81. The van der Waals surface area contributed by atoms with E-state index in [1.807, 2.05) is 6.07 Å². The van der Waals surface area contributed by atoms with E-state index in [0.717, 1.165) is 21.9 Å². The Morgan fingerprint density at radius 1 is 1.47 bits per heavy atom. The minimum absolute atomic E-state index is 0.532. The monoisotopic (exact) mass is 297 g/mol. The molecule has 0 spiro atoms. The molecule has 1 fully saturated rings. The van der Waals surface area contributed by atoms with Gasteiger partial charge in [-0.3, -0.25) is 0 Å². The number of nitrogens with zero attached hydrogens (tertiary/aromatic N) is 1. The van der Waals surface area contributed by atoms with Gasteiger partial charge < -0.3 is 11.1 Å². The third kappa shape index (κ3) is 3.12. The number of hydrogen-bond donors (Lipinski definition) is 2. The number of anilines is 2. The van der Waals surface area contributed by atoms with Gasteiger partial charge in [-0.05, 0) is 40.8 Å². The van der Waals surface area contributed by atoms with E-state index in [2.05, 4.69) is 33.2 Å². The lowest BCUT2D eigenvalue weighted by Crippen LogP contribution is -2.32. The van der Waals surface area contributed by atoms with Crippen molar-refractivity contribution in [2.75, 3.05) is 11.1 Å². The van der Waals surface area contributed by atoms with Crippen molar-refractivity contribution in [2.45, 2.75) is 45.1 Å². The fourth-order valence-corrected chi connectivity index (χ4v) is 2.99. The Labute approximate surface area is 111 Å². The summed E-state index contributed by atoms with van der Waals surface area (Å²) in [6.45, 7) is 2.27. The van der Waals surface area contributed by atoms with Crippen LogP contribution in [0.1, 0.15) is 39.0 Å². The SMILES string of the molecule is CCC1CCCCC1Nc1ncc(Br)cc1N. The van der Waals surface area contributed by atoms with Crippen LogP contribution in [0.4, 0.5) is 11.5 Å². The summed E-state index contributed by atoms with van der Waals surface area (Å²) < 4.78 is 0.927. The van der Waals surface area contributed by atoms with Crippen molar-refractivity contribution in [1.29, 1.82) is 0 Å². The van der Waals surface area contributed by atoms with E-state index < -0.39 is 0 Å². The predicted molar refractivity (Wildman–Crippen MR) is 76.0 cm³/mol. The molecular formula is C13H20BrN3. The first kappa shape index (κ1) is 12.7. The number of hydrogen-bond acceptors (Lipinski definition) is 3. The number of nitrogens with two attached hydrogens (primary N) is 1. The Bertz CT molecular complexity index is 381. The molecule has 0 aromatic carbocycles. The van der Waals surface area contributed by atoms with Gasteiger partial charge in [-0.15, -0.1) is 0 Å². The third-order valence-electron chi connectivity index (χ3n) is 3.64. The van der Waals surface area contributed by atoms with E-state index in [9.17, 15) is 0 Å². The molecule has 0 bridgehead atoms. The molecule has 2 rings (SSSR count). The molecule has 0 aliphatic heterocycles. The smallest absolute Gasteiger partial charge is 0.149 e. The Morgan fingerprint density at radius 2 is 2.24 bits per heavy atom. The molecule has 2 unspecified atom stereocenters.